The molecule has 4 heteroatoms. The van der Waals surface area contributed by atoms with Gasteiger partial charge in [0, 0.05) is 6.20 Å². The van der Waals surface area contributed by atoms with Crippen LogP contribution in [0.3, 0.4) is 0 Å². The Morgan fingerprint density at radius 1 is 1.41 bits per heavy atom. The van der Waals surface area contributed by atoms with Crippen molar-refractivity contribution in [3.8, 4) is 0 Å². The first kappa shape index (κ1) is 11.8. The van der Waals surface area contributed by atoms with E-state index in [-0.39, 0.29) is 6.04 Å². The zero-order valence-electron chi connectivity index (χ0n) is 9.97. The molecule has 2 aromatic rings. The number of rotatable bonds is 6. The third kappa shape index (κ3) is 3.39. The lowest BCUT2D eigenvalue weighted by Crippen LogP contribution is -2.24. The van der Waals surface area contributed by atoms with E-state index < -0.39 is 0 Å². The summed E-state index contributed by atoms with van der Waals surface area (Å²) in [5.74, 6) is 0. The molecule has 1 N–H and O–H groups in total. The van der Waals surface area contributed by atoms with E-state index in [0.717, 1.165) is 25.1 Å². The van der Waals surface area contributed by atoms with E-state index in [1.54, 1.807) is 25.1 Å². The predicted molar refractivity (Wildman–Crippen MR) is 65.5 cm³/mol. The SMILES string of the molecule is CCCNC(Cc1ccoc1)c1ccncn1. The van der Waals surface area contributed by atoms with Crippen molar-refractivity contribution in [2.75, 3.05) is 6.54 Å². The Balaban J connectivity index is 2.08. The van der Waals surface area contributed by atoms with Crippen molar-refractivity contribution in [1.82, 2.24) is 15.3 Å². The average molecular weight is 231 g/mol. The Hall–Kier alpha value is -1.68. The second-order valence-electron chi connectivity index (χ2n) is 3.98. The van der Waals surface area contributed by atoms with Crippen molar-refractivity contribution < 1.29 is 4.42 Å². The Labute approximate surface area is 101 Å². The molecule has 2 rings (SSSR count). The molecule has 1 atom stereocenters. The molecule has 0 aliphatic carbocycles. The molecule has 0 aliphatic rings. The van der Waals surface area contributed by atoms with Gasteiger partial charge in [-0.25, -0.2) is 9.97 Å². The molecule has 0 saturated heterocycles. The van der Waals surface area contributed by atoms with Gasteiger partial charge in [0.15, 0.2) is 0 Å². The summed E-state index contributed by atoms with van der Waals surface area (Å²) in [4.78, 5) is 8.26. The van der Waals surface area contributed by atoms with Gasteiger partial charge in [-0.2, -0.15) is 0 Å². The first-order valence-electron chi connectivity index (χ1n) is 5.90. The Bertz CT molecular complexity index is 413. The minimum Gasteiger partial charge on any atom is -0.472 e. The Morgan fingerprint density at radius 2 is 2.35 bits per heavy atom. The van der Waals surface area contributed by atoms with Crippen LogP contribution < -0.4 is 5.32 Å². The summed E-state index contributed by atoms with van der Waals surface area (Å²) < 4.78 is 5.10. The fraction of sp³-hybridized carbons (Fsp3) is 0.385. The van der Waals surface area contributed by atoms with E-state index in [9.17, 15) is 0 Å². The molecule has 0 aliphatic heterocycles. The standard InChI is InChI=1S/C13H17N3O/c1-2-5-15-13(8-11-4-7-17-9-11)12-3-6-14-10-16-12/h3-4,6-7,9-10,13,15H,2,5,8H2,1H3. The number of hydrogen-bond donors (Lipinski definition) is 1. The van der Waals surface area contributed by atoms with Crippen LogP contribution in [0.5, 0.6) is 0 Å². The normalized spacial score (nSPS) is 12.5. The number of nitrogens with one attached hydrogen (secondary N) is 1. The van der Waals surface area contributed by atoms with Crippen molar-refractivity contribution >= 4 is 0 Å². The summed E-state index contributed by atoms with van der Waals surface area (Å²) in [7, 11) is 0. The molecule has 0 radical (unpaired) electrons. The molecule has 17 heavy (non-hydrogen) atoms. The lowest BCUT2D eigenvalue weighted by molar-refractivity contribution is 0.510. The molecule has 0 amide bonds. The molecule has 90 valence electrons. The van der Waals surface area contributed by atoms with Crippen molar-refractivity contribution in [2.45, 2.75) is 25.8 Å². The average Bonchev–Trinajstić information content (AvgIpc) is 2.88. The van der Waals surface area contributed by atoms with Crippen molar-refractivity contribution in [3.05, 3.63) is 48.4 Å². The molecular weight excluding hydrogens is 214 g/mol. The molecule has 0 aromatic carbocycles. The second kappa shape index (κ2) is 6.15. The lowest BCUT2D eigenvalue weighted by Gasteiger charge is -2.16. The van der Waals surface area contributed by atoms with E-state index in [1.165, 1.54) is 5.56 Å². The summed E-state index contributed by atoms with van der Waals surface area (Å²) in [6.07, 6.45) is 8.83. The van der Waals surface area contributed by atoms with E-state index in [1.807, 2.05) is 12.1 Å². The topological polar surface area (TPSA) is 51.0 Å². The van der Waals surface area contributed by atoms with Gasteiger partial charge in [0.05, 0.1) is 24.3 Å². The van der Waals surface area contributed by atoms with Crippen molar-refractivity contribution in [1.29, 1.82) is 0 Å². The minimum atomic E-state index is 0.218. The van der Waals surface area contributed by atoms with Gasteiger partial charge in [-0.05, 0) is 37.1 Å². The monoisotopic (exact) mass is 231 g/mol. The summed E-state index contributed by atoms with van der Waals surface area (Å²) in [5, 5.41) is 3.49. The van der Waals surface area contributed by atoms with Crippen LogP contribution in [0, 0.1) is 0 Å². The van der Waals surface area contributed by atoms with Gasteiger partial charge in [-0.1, -0.05) is 6.92 Å². The molecule has 2 aromatic heterocycles. The maximum absolute atomic E-state index is 5.10. The van der Waals surface area contributed by atoms with Gasteiger partial charge in [0.1, 0.15) is 6.33 Å². The van der Waals surface area contributed by atoms with E-state index in [0.29, 0.717) is 0 Å². The summed E-state index contributed by atoms with van der Waals surface area (Å²) in [6.45, 7) is 3.13. The summed E-state index contributed by atoms with van der Waals surface area (Å²) >= 11 is 0. The van der Waals surface area contributed by atoms with Gasteiger partial charge in [0.25, 0.3) is 0 Å². The summed E-state index contributed by atoms with van der Waals surface area (Å²) in [6, 6.07) is 4.16. The van der Waals surface area contributed by atoms with Crippen molar-refractivity contribution in [3.63, 3.8) is 0 Å². The Kier molecular flexibility index (Phi) is 4.27. The first-order chi connectivity index (χ1) is 8.40. The number of nitrogens with zero attached hydrogens (tertiary/aromatic N) is 2. The van der Waals surface area contributed by atoms with Crippen LogP contribution >= 0.6 is 0 Å². The van der Waals surface area contributed by atoms with Gasteiger partial charge >= 0.3 is 0 Å². The van der Waals surface area contributed by atoms with Gasteiger partial charge in [-0.3, -0.25) is 0 Å². The third-order valence-corrected chi connectivity index (χ3v) is 2.62. The fourth-order valence-corrected chi connectivity index (χ4v) is 1.75. The molecule has 0 saturated carbocycles. The van der Waals surface area contributed by atoms with Crippen LogP contribution in [-0.4, -0.2) is 16.5 Å². The zero-order chi connectivity index (χ0) is 11.9. The molecule has 1 unspecified atom stereocenters. The maximum atomic E-state index is 5.10. The highest BCUT2D eigenvalue weighted by atomic mass is 16.3. The van der Waals surface area contributed by atoms with E-state index >= 15 is 0 Å². The van der Waals surface area contributed by atoms with Gasteiger partial charge in [-0.15, -0.1) is 0 Å². The molecule has 0 bridgehead atoms. The minimum absolute atomic E-state index is 0.218. The highest BCUT2D eigenvalue weighted by molar-refractivity contribution is 5.13. The van der Waals surface area contributed by atoms with Crippen LogP contribution in [0.25, 0.3) is 0 Å². The first-order valence-corrected chi connectivity index (χ1v) is 5.90. The van der Waals surface area contributed by atoms with Crippen LogP contribution in [-0.2, 0) is 6.42 Å². The fourth-order valence-electron chi connectivity index (χ4n) is 1.75. The molecule has 4 nitrogen and oxygen atoms in total. The number of furan rings is 1. The van der Waals surface area contributed by atoms with E-state index in [2.05, 4.69) is 22.2 Å². The molecular formula is C13H17N3O. The van der Waals surface area contributed by atoms with Crippen LogP contribution in [0.4, 0.5) is 0 Å². The van der Waals surface area contributed by atoms with Gasteiger partial charge < -0.3 is 9.73 Å². The van der Waals surface area contributed by atoms with Crippen LogP contribution in [0.2, 0.25) is 0 Å². The van der Waals surface area contributed by atoms with Gasteiger partial charge in [0.2, 0.25) is 0 Å². The smallest absolute Gasteiger partial charge is 0.115 e. The summed E-state index contributed by atoms with van der Waals surface area (Å²) in [5.41, 5.74) is 2.20. The largest absolute Gasteiger partial charge is 0.472 e. The Morgan fingerprint density at radius 3 is 3.00 bits per heavy atom. The van der Waals surface area contributed by atoms with Crippen molar-refractivity contribution in [2.24, 2.45) is 0 Å². The third-order valence-electron chi connectivity index (χ3n) is 2.62. The maximum Gasteiger partial charge on any atom is 0.115 e. The predicted octanol–water partition coefficient (Wildman–Crippen LogP) is 2.35. The zero-order valence-corrected chi connectivity index (χ0v) is 9.97. The lowest BCUT2D eigenvalue weighted by atomic mass is 10.1. The van der Waals surface area contributed by atoms with Crippen LogP contribution in [0.1, 0.15) is 30.6 Å². The quantitative estimate of drug-likeness (QED) is 0.829. The van der Waals surface area contributed by atoms with Crippen LogP contribution in [0.15, 0.2) is 41.6 Å². The van der Waals surface area contributed by atoms with E-state index in [4.69, 9.17) is 4.42 Å². The highest BCUT2D eigenvalue weighted by Crippen LogP contribution is 2.16. The number of aromatic nitrogens is 2. The highest BCUT2D eigenvalue weighted by Gasteiger charge is 2.13. The molecule has 0 fully saturated rings. The second-order valence-corrected chi connectivity index (χ2v) is 3.98. The number of hydrogen-bond acceptors (Lipinski definition) is 4. The molecule has 2 heterocycles. The molecule has 0 spiro atoms.